The minimum absolute atomic E-state index is 0.125. The maximum Gasteiger partial charge on any atom is 0.240 e. The predicted octanol–water partition coefficient (Wildman–Crippen LogP) is 3.82. The molecule has 0 spiro atoms. The number of hydrogen-bond acceptors (Lipinski definition) is 5. The number of hydrogen-bond donors (Lipinski definition) is 1. The molecule has 33 heavy (non-hydrogen) atoms. The van der Waals surface area contributed by atoms with Crippen LogP contribution in [-0.4, -0.2) is 38.7 Å². The Morgan fingerprint density at radius 3 is 2.36 bits per heavy atom. The van der Waals surface area contributed by atoms with Gasteiger partial charge >= 0.3 is 0 Å². The predicted molar refractivity (Wildman–Crippen MR) is 128 cm³/mol. The van der Waals surface area contributed by atoms with E-state index in [-0.39, 0.29) is 11.4 Å². The quantitative estimate of drug-likeness (QED) is 0.385. The Kier molecular flexibility index (Phi) is 6.96. The fourth-order valence-electron chi connectivity index (χ4n) is 3.83. The topological polar surface area (TPSA) is 82.5 Å². The zero-order valence-corrected chi connectivity index (χ0v) is 19.5. The third kappa shape index (κ3) is 5.18. The molecule has 0 radical (unpaired) electrons. The van der Waals surface area contributed by atoms with Gasteiger partial charge in [0.1, 0.15) is 5.82 Å². The largest absolute Gasteiger partial charge is 0.493 e. The molecule has 4 rings (SSSR count). The summed E-state index contributed by atoms with van der Waals surface area (Å²) in [7, 11) is -0.728. The molecule has 0 aliphatic heterocycles. The summed E-state index contributed by atoms with van der Waals surface area (Å²) < 4.78 is 40.9. The van der Waals surface area contributed by atoms with E-state index in [0.29, 0.717) is 18.0 Å². The molecule has 0 amide bonds. The van der Waals surface area contributed by atoms with Crippen molar-refractivity contribution >= 4 is 21.1 Å². The van der Waals surface area contributed by atoms with Crippen LogP contribution in [0.15, 0.2) is 77.7 Å². The molecule has 0 fully saturated rings. The van der Waals surface area contributed by atoms with E-state index in [4.69, 9.17) is 14.5 Å². The first-order valence-electron chi connectivity index (χ1n) is 10.7. The summed E-state index contributed by atoms with van der Waals surface area (Å²) in [5.74, 6) is 1.78. The van der Waals surface area contributed by atoms with Crippen LogP contribution >= 0.6 is 0 Å². The molecule has 1 heterocycles. The van der Waals surface area contributed by atoms with E-state index < -0.39 is 10.0 Å². The number of para-hydroxylation sites is 2. The molecule has 4 aromatic rings. The molecule has 3 aromatic carbocycles. The lowest BCUT2D eigenvalue weighted by Crippen LogP contribution is -2.28. The monoisotopic (exact) mass is 465 g/mol. The molecule has 0 unspecified atom stereocenters. The zero-order valence-electron chi connectivity index (χ0n) is 18.7. The summed E-state index contributed by atoms with van der Waals surface area (Å²) in [5.41, 5.74) is 3.14. The minimum Gasteiger partial charge on any atom is -0.493 e. The van der Waals surface area contributed by atoms with Gasteiger partial charge in [0.15, 0.2) is 11.5 Å². The summed E-state index contributed by atoms with van der Waals surface area (Å²) in [5, 5.41) is 0. The fourth-order valence-corrected chi connectivity index (χ4v) is 4.86. The van der Waals surface area contributed by atoms with Gasteiger partial charge in [-0.3, -0.25) is 0 Å². The van der Waals surface area contributed by atoms with Crippen molar-refractivity contribution in [3.63, 3.8) is 0 Å². The number of nitrogens with one attached hydrogen (secondary N) is 1. The van der Waals surface area contributed by atoms with Crippen molar-refractivity contribution in [1.29, 1.82) is 0 Å². The average molecular weight is 466 g/mol. The summed E-state index contributed by atoms with van der Waals surface area (Å²) in [6.07, 6.45) is 1.63. The molecule has 0 bridgehead atoms. The minimum atomic E-state index is -3.71. The highest BCUT2D eigenvalue weighted by molar-refractivity contribution is 7.89. The van der Waals surface area contributed by atoms with Crippen LogP contribution in [0.2, 0.25) is 0 Å². The first-order chi connectivity index (χ1) is 16.0. The lowest BCUT2D eigenvalue weighted by Gasteiger charge is -2.13. The van der Waals surface area contributed by atoms with Crippen molar-refractivity contribution in [2.24, 2.45) is 0 Å². The molecular weight excluding hydrogens is 438 g/mol. The number of fused-ring (bicyclic) bond motifs is 1. The van der Waals surface area contributed by atoms with Gasteiger partial charge in [0.05, 0.1) is 30.1 Å². The van der Waals surface area contributed by atoms with Gasteiger partial charge in [-0.15, -0.1) is 0 Å². The SMILES string of the molecule is COc1ccc(S(=O)(=O)NCCn2c(CCc3ccccc3)nc3ccccc32)cc1OC. The Morgan fingerprint density at radius 1 is 0.879 bits per heavy atom. The number of aryl methyl sites for hydroxylation is 2. The van der Waals surface area contributed by atoms with E-state index in [1.807, 2.05) is 42.5 Å². The van der Waals surface area contributed by atoms with Crippen molar-refractivity contribution in [1.82, 2.24) is 14.3 Å². The van der Waals surface area contributed by atoms with E-state index in [1.54, 1.807) is 6.07 Å². The third-order valence-electron chi connectivity index (χ3n) is 5.51. The number of sulfonamides is 1. The number of ether oxygens (including phenoxy) is 2. The van der Waals surface area contributed by atoms with Crippen molar-refractivity contribution in [2.75, 3.05) is 20.8 Å². The van der Waals surface area contributed by atoms with Crippen molar-refractivity contribution in [3.8, 4) is 11.5 Å². The van der Waals surface area contributed by atoms with Gasteiger partial charge in [-0.25, -0.2) is 18.1 Å². The maximum absolute atomic E-state index is 12.9. The lowest BCUT2D eigenvalue weighted by molar-refractivity contribution is 0.354. The van der Waals surface area contributed by atoms with E-state index in [2.05, 4.69) is 21.4 Å². The highest BCUT2D eigenvalue weighted by atomic mass is 32.2. The van der Waals surface area contributed by atoms with E-state index >= 15 is 0 Å². The van der Waals surface area contributed by atoms with Gasteiger partial charge in [-0.2, -0.15) is 0 Å². The second kappa shape index (κ2) is 10.1. The highest BCUT2D eigenvalue weighted by Gasteiger charge is 2.17. The number of rotatable bonds is 10. The molecule has 0 atom stereocenters. The number of nitrogens with zero attached hydrogens (tertiary/aromatic N) is 2. The number of methoxy groups -OCH3 is 2. The van der Waals surface area contributed by atoms with Gasteiger partial charge in [0.2, 0.25) is 10.0 Å². The van der Waals surface area contributed by atoms with Crippen molar-refractivity contribution < 1.29 is 17.9 Å². The second-order valence-electron chi connectivity index (χ2n) is 7.57. The average Bonchev–Trinajstić information content (AvgIpc) is 3.20. The maximum atomic E-state index is 12.9. The molecule has 7 nitrogen and oxygen atoms in total. The smallest absolute Gasteiger partial charge is 0.240 e. The summed E-state index contributed by atoms with van der Waals surface area (Å²) in [6, 6.07) is 22.7. The summed E-state index contributed by atoms with van der Waals surface area (Å²) in [6.45, 7) is 0.701. The standard InChI is InChI=1S/C25H27N3O4S/c1-31-23-14-13-20(18-24(23)32-2)33(29,30)26-16-17-28-22-11-7-6-10-21(22)27-25(28)15-12-19-8-4-3-5-9-19/h3-11,13-14,18,26H,12,15-17H2,1-2H3. The number of benzene rings is 3. The Hall–Kier alpha value is -3.36. The Balaban J connectivity index is 1.50. The van der Waals surface area contributed by atoms with E-state index in [9.17, 15) is 8.42 Å². The molecule has 0 saturated carbocycles. The van der Waals surface area contributed by atoms with Crippen LogP contribution in [0, 0.1) is 0 Å². The van der Waals surface area contributed by atoms with Crippen LogP contribution in [-0.2, 0) is 29.4 Å². The van der Waals surface area contributed by atoms with Gasteiger partial charge in [0, 0.05) is 25.6 Å². The van der Waals surface area contributed by atoms with Gasteiger partial charge in [-0.05, 0) is 36.2 Å². The highest BCUT2D eigenvalue weighted by Crippen LogP contribution is 2.29. The van der Waals surface area contributed by atoms with Gasteiger partial charge < -0.3 is 14.0 Å². The van der Waals surface area contributed by atoms with Gasteiger partial charge in [-0.1, -0.05) is 42.5 Å². The van der Waals surface area contributed by atoms with Crippen LogP contribution in [0.4, 0.5) is 0 Å². The van der Waals surface area contributed by atoms with Crippen LogP contribution in [0.5, 0.6) is 11.5 Å². The Morgan fingerprint density at radius 2 is 1.61 bits per heavy atom. The molecular formula is C25H27N3O4S. The Bertz CT molecular complexity index is 1330. The van der Waals surface area contributed by atoms with Crippen molar-refractivity contribution in [3.05, 3.63) is 84.2 Å². The molecule has 1 N–H and O–H groups in total. The molecule has 172 valence electrons. The Labute approximate surface area is 194 Å². The summed E-state index contributed by atoms with van der Waals surface area (Å²) >= 11 is 0. The third-order valence-corrected chi connectivity index (χ3v) is 6.97. The number of aromatic nitrogens is 2. The first kappa shape index (κ1) is 22.8. The molecule has 8 heteroatoms. The normalized spacial score (nSPS) is 11.6. The molecule has 0 saturated heterocycles. The molecule has 1 aromatic heterocycles. The number of imidazole rings is 1. The van der Waals surface area contributed by atoms with Crippen LogP contribution in [0.1, 0.15) is 11.4 Å². The molecule has 0 aliphatic rings. The molecule has 0 aliphatic carbocycles. The first-order valence-corrected chi connectivity index (χ1v) is 12.2. The van der Waals surface area contributed by atoms with Crippen LogP contribution < -0.4 is 14.2 Å². The van der Waals surface area contributed by atoms with E-state index in [1.165, 1.54) is 31.9 Å². The fraction of sp³-hybridized carbons (Fsp3) is 0.240. The van der Waals surface area contributed by atoms with Crippen molar-refractivity contribution in [2.45, 2.75) is 24.3 Å². The van der Waals surface area contributed by atoms with Crippen LogP contribution in [0.25, 0.3) is 11.0 Å². The zero-order chi connectivity index (χ0) is 23.3. The summed E-state index contributed by atoms with van der Waals surface area (Å²) in [4.78, 5) is 4.92. The second-order valence-corrected chi connectivity index (χ2v) is 9.34. The lowest BCUT2D eigenvalue weighted by atomic mass is 10.1. The van der Waals surface area contributed by atoms with E-state index in [0.717, 1.165) is 29.7 Å². The van der Waals surface area contributed by atoms with Gasteiger partial charge in [0.25, 0.3) is 0 Å². The van der Waals surface area contributed by atoms with Crippen LogP contribution in [0.3, 0.4) is 0 Å².